The third kappa shape index (κ3) is 3.56. The summed E-state index contributed by atoms with van der Waals surface area (Å²) in [5.74, 6) is -0.176. The highest BCUT2D eigenvalue weighted by Gasteiger charge is 2.31. The lowest BCUT2D eigenvalue weighted by Crippen LogP contribution is -2.20. The van der Waals surface area contributed by atoms with Crippen LogP contribution in [0, 0.1) is 0 Å². The van der Waals surface area contributed by atoms with Crippen molar-refractivity contribution in [2.75, 3.05) is 11.5 Å². The fourth-order valence-corrected chi connectivity index (χ4v) is 3.87. The lowest BCUT2D eigenvalue weighted by atomic mass is 10.1. The van der Waals surface area contributed by atoms with Gasteiger partial charge in [-0.3, -0.25) is 0 Å². The average Bonchev–Trinajstić information content (AvgIpc) is 2.52. The minimum Gasteiger partial charge on any atom is -0.458 e. The van der Waals surface area contributed by atoms with Crippen molar-refractivity contribution >= 4 is 15.8 Å². The summed E-state index contributed by atoms with van der Waals surface area (Å²) in [6.07, 6.45) is 6.92. The second kappa shape index (κ2) is 5.21. The molecule has 1 heterocycles. The summed E-state index contributed by atoms with van der Waals surface area (Å²) < 4.78 is 27.8. The molecule has 2 aliphatic rings. The molecule has 0 amide bonds. The van der Waals surface area contributed by atoms with Gasteiger partial charge in [0.2, 0.25) is 0 Å². The SMILES string of the molecule is O=C(OC1CCS(=O)(=O)C1)C1=CCCCCC1. The van der Waals surface area contributed by atoms with Crippen LogP contribution in [-0.2, 0) is 19.4 Å². The van der Waals surface area contributed by atoms with Gasteiger partial charge in [0, 0.05) is 5.57 Å². The van der Waals surface area contributed by atoms with Crippen LogP contribution >= 0.6 is 0 Å². The Labute approximate surface area is 102 Å². The van der Waals surface area contributed by atoms with Crippen molar-refractivity contribution in [3.05, 3.63) is 11.6 Å². The predicted octanol–water partition coefficient (Wildman–Crippen LogP) is 1.61. The summed E-state index contributed by atoms with van der Waals surface area (Å²) >= 11 is 0. The molecule has 1 fully saturated rings. The fourth-order valence-electron chi connectivity index (χ4n) is 2.28. The van der Waals surface area contributed by atoms with Gasteiger partial charge in [-0.25, -0.2) is 13.2 Å². The minimum absolute atomic E-state index is 0.00792. The van der Waals surface area contributed by atoms with Crippen molar-refractivity contribution in [3.63, 3.8) is 0 Å². The Bertz CT molecular complexity index is 422. The maximum absolute atomic E-state index is 11.8. The second-order valence-electron chi connectivity index (χ2n) is 4.76. The molecule has 1 atom stereocenters. The van der Waals surface area contributed by atoms with Crippen LogP contribution in [0.2, 0.25) is 0 Å². The molecule has 0 aromatic carbocycles. The first kappa shape index (κ1) is 12.6. The largest absolute Gasteiger partial charge is 0.458 e. The number of carbonyl (C=O) groups excluding carboxylic acids is 1. The number of hydrogen-bond acceptors (Lipinski definition) is 4. The quantitative estimate of drug-likeness (QED) is 0.706. The van der Waals surface area contributed by atoms with Crippen LogP contribution in [0.4, 0.5) is 0 Å². The molecule has 4 nitrogen and oxygen atoms in total. The molecule has 1 aliphatic heterocycles. The van der Waals surface area contributed by atoms with Gasteiger partial charge >= 0.3 is 5.97 Å². The number of ether oxygens (including phenoxy) is 1. The van der Waals surface area contributed by atoms with Gasteiger partial charge in [0.25, 0.3) is 0 Å². The summed E-state index contributed by atoms with van der Waals surface area (Å²) in [6, 6.07) is 0. The van der Waals surface area contributed by atoms with E-state index in [0.717, 1.165) is 37.7 Å². The van der Waals surface area contributed by atoms with Gasteiger partial charge in [0.05, 0.1) is 11.5 Å². The van der Waals surface area contributed by atoms with Crippen molar-refractivity contribution in [1.82, 2.24) is 0 Å². The maximum atomic E-state index is 11.8. The molecule has 1 unspecified atom stereocenters. The summed E-state index contributed by atoms with van der Waals surface area (Å²) in [4.78, 5) is 11.8. The van der Waals surface area contributed by atoms with Gasteiger partial charge in [0.1, 0.15) is 6.10 Å². The number of allylic oxidation sites excluding steroid dienone is 1. The van der Waals surface area contributed by atoms with Crippen LogP contribution in [0.15, 0.2) is 11.6 Å². The van der Waals surface area contributed by atoms with Gasteiger partial charge in [-0.1, -0.05) is 12.5 Å². The van der Waals surface area contributed by atoms with E-state index in [1.54, 1.807) is 0 Å². The van der Waals surface area contributed by atoms with Gasteiger partial charge < -0.3 is 4.74 Å². The van der Waals surface area contributed by atoms with Crippen molar-refractivity contribution in [1.29, 1.82) is 0 Å². The van der Waals surface area contributed by atoms with Crippen molar-refractivity contribution in [2.45, 2.75) is 44.6 Å². The lowest BCUT2D eigenvalue weighted by Gasteiger charge is -2.11. The topological polar surface area (TPSA) is 60.4 Å². The van der Waals surface area contributed by atoms with E-state index in [1.165, 1.54) is 0 Å². The van der Waals surface area contributed by atoms with Gasteiger partial charge in [-0.15, -0.1) is 0 Å². The molecule has 0 aromatic heterocycles. The molecule has 5 heteroatoms. The third-order valence-electron chi connectivity index (χ3n) is 3.27. The van der Waals surface area contributed by atoms with Gasteiger partial charge in [-0.05, 0) is 32.1 Å². The second-order valence-corrected chi connectivity index (χ2v) is 6.99. The minimum atomic E-state index is -2.98. The van der Waals surface area contributed by atoms with E-state index in [2.05, 4.69) is 0 Å². The Morgan fingerprint density at radius 2 is 2.12 bits per heavy atom. The first-order chi connectivity index (χ1) is 8.07. The normalized spacial score (nSPS) is 28.2. The van der Waals surface area contributed by atoms with Crippen LogP contribution in [0.1, 0.15) is 38.5 Å². The zero-order valence-electron chi connectivity index (χ0n) is 9.85. The van der Waals surface area contributed by atoms with E-state index < -0.39 is 15.9 Å². The van der Waals surface area contributed by atoms with E-state index in [1.807, 2.05) is 6.08 Å². The molecule has 0 saturated carbocycles. The molecule has 0 N–H and O–H groups in total. The van der Waals surface area contributed by atoms with E-state index in [0.29, 0.717) is 6.42 Å². The van der Waals surface area contributed by atoms with E-state index >= 15 is 0 Å². The number of carbonyl (C=O) groups is 1. The molecule has 0 aromatic rings. The standard InChI is InChI=1S/C12H18O4S/c13-12(10-5-3-1-2-4-6-10)16-11-7-8-17(14,15)9-11/h5,11H,1-4,6-9H2. The summed E-state index contributed by atoms with van der Waals surface area (Å²) in [5.41, 5.74) is 0.729. The van der Waals surface area contributed by atoms with Crippen LogP contribution in [-0.4, -0.2) is 32.0 Å². The Kier molecular flexibility index (Phi) is 3.86. The first-order valence-corrected chi connectivity index (χ1v) is 7.99. The van der Waals surface area contributed by atoms with Crippen molar-refractivity contribution in [2.24, 2.45) is 0 Å². The molecule has 1 saturated heterocycles. The molecular formula is C12H18O4S. The van der Waals surface area contributed by atoms with E-state index in [9.17, 15) is 13.2 Å². The zero-order chi connectivity index (χ0) is 12.3. The van der Waals surface area contributed by atoms with Crippen LogP contribution in [0.5, 0.6) is 0 Å². The fraction of sp³-hybridized carbons (Fsp3) is 0.750. The average molecular weight is 258 g/mol. The number of hydrogen-bond donors (Lipinski definition) is 0. The number of sulfone groups is 1. The summed E-state index contributed by atoms with van der Waals surface area (Å²) in [7, 11) is -2.98. The molecule has 0 bridgehead atoms. The Morgan fingerprint density at radius 3 is 2.82 bits per heavy atom. The molecule has 17 heavy (non-hydrogen) atoms. The number of rotatable bonds is 2. The van der Waals surface area contributed by atoms with Crippen molar-refractivity contribution < 1.29 is 17.9 Å². The van der Waals surface area contributed by atoms with E-state index in [4.69, 9.17) is 4.74 Å². The monoisotopic (exact) mass is 258 g/mol. The molecule has 0 radical (unpaired) electrons. The Balaban J connectivity index is 1.91. The highest BCUT2D eigenvalue weighted by atomic mass is 32.2. The first-order valence-electron chi connectivity index (χ1n) is 6.17. The molecular weight excluding hydrogens is 240 g/mol. The maximum Gasteiger partial charge on any atom is 0.333 e. The number of esters is 1. The highest BCUT2D eigenvalue weighted by molar-refractivity contribution is 7.91. The van der Waals surface area contributed by atoms with Gasteiger partial charge in [-0.2, -0.15) is 0 Å². The smallest absolute Gasteiger partial charge is 0.333 e. The van der Waals surface area contributed by atoms with Crippen LogP contribution < -0.4 is 0 Å². The Morgan fingerprint density at radius 1 is 1.29 bits per heavy atom. The molecule has 96 valence electrons. The molecule has 2 rings (SSSR count). The van der Waals surface area contributed by atoms with Crippen LogP contribution in [0.3, 0.4) is 0 Å². The van der Waals surface area contributed by atoms with Crippen molar-refractivity contribution in [3.8, 4) is 0 Å². The third-order valence-corrected chi connectivity index (χ3v) is 5.00. The Hall–Kier alpha value is -0.840. The summed E-state index contributed by atoms with van der Waals surface area (Å²) in [6.45, 7) is 0. The highest BCUT2D eigenvalue weighted by Crippen LogP contribution is 2.21. The van der Waals surface area contributed by atoms with Gasteiger partial charge in [0.15, 0.2) is 9.84 Å². The molecule has 0 spiro atoms. The van der Waals surface area contributed by atoms with Crippen LogP contribution in [0.25, 0.3) is 0 Å². The lowest BCUT2D eigenvalue weighted by molar-refractivity contribution is -0.143. The zero-order valence-corrected chi connectivity index (χ0v) is 10.7. The van der Waals surface area contributed by atoms with E-state index in [-0.39, 0.29) is 17.5 Å². The summed E-state index contributed by atoms with van der Waals surface area (Å²) in [5, 5.41) is 0. The molecule has 1 aliphatic carbocycles. The predicted molar refractivity (Wildman–Crippen MR) is 64.3 cm³/mol.